The summed E-state index contributed by atoms with van der Waals surface area (Å²) < 4.78 is 0. The fraction of sp³-hybridized carbons (Fsp3) is 0.769. The lowest BCUT2D eigenvalue weighted by Crippen LogP contribution is -2.37. The lowest BCUT2D eigenvalue weighted by Gasteiger charge is -2.22. The molecule has 0 aromatic carbocycles. The molecule has 0 aromatic rings. The first-order chi connectivity index (χ1) is 7.65. The molecule has 3 unspecified atom stereocenters. The Morgan fingerprint density at radius 1 is 1.41 bits per heavy atom. The van der Waals surface area contributed by atoms with Gasteiger partial charge in [-0.1, -0.05) is 18.6 Å². The Balaban J connectivity index is 0.00000144. The molecular formula is C13H24IN3. The number of guanidine groups is 1. The molecule has 3 N–H and O–H groups in total. The summed E-state index contributed by atoms with van der Waals surface area (Å²) in [5.41, 5.74) is 6.84. The lowest BCUT2D eigenvalue weighted by atomic mass is 9.89. The summed E-state index contributed by atoms with van der Waals surface area (Å²) in [7, 11) is 0. The van der Waals surface area contributed by atoms with Crippen molar-refractivity contribution >= 4 is 29.9 Å². The summed E-state index contributed by atoms with van der Waals surface area (Å²) in [5, 5.41) is 3.25. The largest absolute Gasteiger partial charge is 0.370 e. The smallest absolute Gasteiger partial charge is 0.188 e. The molecule has 3 atom stereocenters. The van der Waals surface area contributed by atoms with Crippen molar-refractivity contribution in [1.82, 2.24) is 5.32 Å². The molecule has 0 spiro atoms. The van der Waals surface area contributed by atoms with Crippen molar-refractivity contribution in [3.63, 3.8) is 0 Å². The molecular weight excluding hydrogens is 325 g/mol. The average Bonchev–Trinajstić information content (AvgIpc) is 2.84. The molecule has 2 rings (SSSR count). The Kier molecular flexibility index (Phi) is 5.76. The molecule has 3 nitrogen and oxygen atoms in total. The Labute approximate surface area is 121 Å². The number of nitrogens with zero attached hydrogens (tertiary/aromatic N) is 1. The number of hydrogen-bond acceptors (Lipinski definition) is 1. The molecule has 2 fully saturated rings. The Morgan fingerprint density at radius 3 is 2.71 bits per heavy atom. The van der Waals surface area contributed by atoms with Crippen LogP contribution in [0.1, 0.15) is 32.6 Å². The predicted octanol–water partition coefficient (Wildman–Crippen LogP) is 2.52. The van der Waals surface area contributed by atoms with Crippen molar-refractivity contribution in [3.05, 3.63) is 12.2 Å². The van der Waals surface area contributed by atoms with E-state index in [2.05, 4.69) is 16.9 Å². The van der Waals surface area contributed by atoms with Gasteiger partial charge in [0.2, 0.25) is 0 Å². The van der Waals surface area contributed by atoms with Gasteiger partial charge in [-0.15, -0.1) is 24.0 Å². The van der Waals surface area contributed by atoms with Gasteiger partial charge in [-0.2, -0.15) is 0 Å². The molecule has 2 bridgehead atoms. The van der Waals surface area contributed by atoms with Crippen molar-refractivity contribution in [2.24, 2.45) is 28.5 Å². The fourth-order valence-electron chi connectivity index (χ4n) is 3.14. The van der Waals surface area contributed by atoms with E-state index in [4.69, 9.17) is 5.73 Å². The van der Waals surface area contributed by atoms with Crippen LogP contribution in [0.15, 0.2) is 17.1 Å². The normalized spacial score (nSPS) is 31.1. The zero-order valence-electron chi connectivity index (χ0n) is 10.6. The summed E-state index contributed by atoms with van der Waals surface area (Å²) >= 11 is 0. The van der Waals surface area contributed by atoms with Crippen LogP contribution in [-0.2, 0) is 0 Å². The number of nitrogens with one attached hydrogen (secondary N) is 1. The van der Waals surface area contributed by atoms with E-state index in [0.29, 0.717) is 12.5 Å². The third kappa shape index (κ3) is 4.16. The van der Waals surface area contributed by atoms with Gasteiger partial charge >= 0.3 is 0 Å². The highest BCUT2D eigenvalue weighted by Gasteiger charge is 2.39. The summed E-state index contributed by atoms with van der Waals surface area (Å²) in [4.78, 5) is 4.23. The van der Waals surface area contributed by atoms with Crippen molar-refractivity contribution in [2.75, 3.05) is 13.1 Å². The number of halogens is 1. The van der Waals surface area contributed by atoms with E-state index in [1.54, 1.807) is 0 Å². The second-order valence-corrected chi connectivity index (χ2v) is 5.47. The minimum absolute atomic E-state index is 0. The second kappa shape index (κ2) is 6.61. The maximum absolute atomic E-state index is 5.80. The Morgan fingerprint density at radius 2 is 2.18 bits per heavy atom. The Bertz CT molecular complexity index is 301. The van der Waals surface area contributed by atoms with Gasteiger partial charge in [0.05, 0.1) is 6.54 Å². The summed E-state index contributed by atoms with van der Waals surface area (Å²) in [6, 6.07) is 0. The first-order valence-electron chi connectivity index (χ1n) is 6.33. The van der Waals surface area contributed by atoms with Crippen LogP contribution in [0.4, 0.5) is 0 Å². The van der Waals surface area contributed by atoms with Crippen molar-refractivity contribution in [1.29, 1.82) is 0 Å². The summed E-state index contributed by atoms with van der Waals surface area (Å²) in [6.45, 7) is 7.41. The summed E-state index contributed by atoms with van der Waals surface area (Å²) in [5.74, 6) is 3.36. The minimum Gasteiger partial charge on any atom is -0.370 e. The SMILES string of the molecule is C=C(C)CN=C(N)NCC1CC2CCC1C2.I. The topological polar surface area (TPSA) is 50.4 Å². The summed E-state index contributed by atoms with van der Waals surface area (Å²) in [6.07, 6.45) is 5.74. The molecule has 0 heterocycles. The highest BCUT2D eigenvalue weighted by atomic mass is 127. The van der Waals surface area contributed by atoms with Crippen LogP contribution < -0.4 is 11.1 Å². The number of aliphatic imine (C=N–C) groups is 1. The van der Waals surface area contributed by atoms with Gasteiger partial charge in [0.25, 0.3) is 0 Å². The molecule has 17 heavy (non-hydrogen) atoms. The minimum atomic E-state index is 0. The lowest BCUT2D eigenvalue weighted by molar-refractivity contribution is 0.332. The number of hydrogen-bond donors (Lipinski definition) is 2. The third-order valence-electron chi connectivity index (χ3n) is 3.95. The third-order valence-corrected chi connectivity index (χ3v) is 3.95. The monoisotopic (exact) mass is 349 g/mol. The average molecular weight is 349 g/mol. The molecule has 98 valence electrons. The van der Waals surface area contributed by atoms with E-state index in [9.17, 15) is 0 Å². The maximum Gasteiger partial charge on any atom is 0.188 e. The molecule has 0 amide bonds. The molecule has 0 aliphatic heterocycles. The molecule has 2 saturated carbocycles. The highest BCUT2D eigenvalue weighted by Crippen LogP contribution is 2.47. The van der Waals surface area contributed by atoms with Crippen molar-refractivity contribution in [3.8, 4) is 0 Å². The van der Waals surface area contributed by atoms with Crippen molar-refractivity contribution < 1.29 is 0 Å². The van der Waals surface area contributed by atoms with Gasteiger partial charge < -0.3 is 11.1 Å². The van der Waals surface area contributed by atoms with E-state index in [0.717, 1.165) is 29.9 Å². The van der Waals surface area contributed by atoms with Gasteiger partial charge in [0.15, 0.2) is 5.96 Å². The van der Waals surface area contributed by atoms with Crippen molar-refractivity contribution in [2.45, 2.75) is 32.6 Å². The number of rotatable bonds is 4. The van der Waals surface area contributed by atoms with E-state index >= 15 is 0 Å². The van der Waals surface area contributed by atoms with Crippen LogP contribution in [0.3, 0.4) is 0 Å². The van der Waals surface area contributed by atoms with E-state index in [1.807, 2.05) is 6.92 Å². The van der Waals surface area contributed by atoms with Gasteiger partial charge in [-0.05, 0) is 43.9 Å². The standard InChI is InChI=1S/C13H23N3.HI/c1-9(2)7-15-13(14)16-8-12-6-10-3-4-11(12)5-10;/h10-12H,1,3-8H2,2H3,(H3,14,15,16);1H. The molecule has 0 radical (unpaired) electrons. The van der Waals surface area contributed by atoms with Gasteiger partial charge in [-0.3, -0.25) is 0 Å². The van der Waals surface area contributed by atoms with Gasteiger partial charge in [0, 0.05) is 6.54 Å². The quantitative estimate of drug-likeness (QED) is 0.355. The van der Waals surface area contributed by atoms with Crippen LogP contribution in [0.5, 0.6) is 0 Å². The van der Waals surface area contributed by atoms with E-state index in [-0.39, 0.29) is 24.0 Å². The van der Waals surface area contributed by atoms with Crippen LogP contribution in [0, 0.1) is 17.8 Å². The molecule has 0 aromatic heterocycles. The van der Waals surface area contributed by atoms with Gasteiger partial charge in [-0.25, -0.2) is 4.99 Å². The Hall–Kier alpha value is -0.260. The molecule has 2 aliphatic rings. The molecule has 2 aliphatic carbocycles. The van der Waals surface area contributed by atoms with Gasteiger partial charge in [0.1, 0.15) is 0 Å². The predicted molar refractivity (Wildman–Crippen MR) is 83.7 cm³/mol. The maximum atomic E-state index is 5.80. The zero-order chi connectivity index (χ0) is 11.5. The van der Waals surface area contributed by atoms with E-state index in [1.165, 1.54) is 25.7 Å². The number of nitrogens with two attached hydrogens (primary N) is 1. The second-order valence-electron chi connectivity index (χ2n) is 5.47. The zero-order valence-corrected chi connectivity index (χ0v) is 12.9. The van der Waals surface area contributed by atoms with E-state index < -0.39 is 0 Å². The first kappa shape index (κ1) is 14.8. The number of fused-ring (bicyclic) bond motifs is 2. The van der Waals surface area contributed by atoms with Crippen LogP contribution in [0.25, 0.3) is 0 Å². The van der Waals surface area contributed by atoms with Crippen LogP contribution in [0.2, 0.25) is 0 Å². The fourth-order valence-corrected chi connectivity index (χ4v) is 3.14. The first-order valence-corrected chi connectivity index (χ1v) is 6.33. The molecule has 0 saturated heterocycles. The van der Waals surface area contributed by atoms with Crippen LogP contribution >= 0.6 is 24.0 Å². The highest BCUT2D eigenvalue weighted by molar-refractivity contribution is 14.0. The molecule has 4 heteroatoms. The van der Waals surface area contributed by atoms with Crippen LogP contribution in [-0.4, -0.2) is 19.0 Å².